The van der Waals surface area contributed by atoms with E-state index in [4.69, 9.17) is 15.2 Å². The van der Waals surface area contributed by atoms with Gasteiger partial charge in [-0.3, -0.25) is 0 Å². The predicted molar refractivity (Wildman–Crippen MR) is 64.9 cm³/mol. The lowest BCUT2D eigenvalue weighted by molar-refractivity contribution is 0.296. The maximum Gasteiger partial charge on any atom is 0.164 e. The number of hydrogen-bond donors (Lipinski definition) is 1. The standard InChI is InChI=1S/C13H17NO2/c1-10-11(4-2-7-14)5-6-12-13(10)16-9-3-8-15-12/h2,4-6H,3,7-9,14H2,1H3/b4-2+. The third-order valence-electron chi connectivity index (χ3n) is 2.64. The van der Waals surface area contributed by atoms with E-state index in [-0.39, 0.29) is 0 Å². The van der Waals surface area contributed by atoms with E-state index in [1.165, 1.54) is 0 Å². The van der Waals surface area contributed by atoms with Gasteiger partial charge in [-0.15, -0.1) is 0 Å². The second-order valence-corrected chi connectivity index (χ2v) is 3.80. The predicted octanol–water partition coefficient (Wildman–Crippen LogP) is 2.13. The summed E-state index contributed by atoms with van der Waals surface area (Å²) in [7, 11) is 0. The van der Waals surface area contributed by atoms with Crippen molar-refractivity contribution in [2.24, 2.45) is 5.73 Å². The van der Waals surface area contributed by atoms with Crippen LogP contribution in [0.4, 0.5) is 0 Å². The lowest BCUT2D eigenvalue weighted by Gasteiger charge is -2.12. The monoisotopic (exact) mass is 219 g/mol. The molecule has 0 saturated heterocycles. The van der Waals surface area contributed by atoms with Gasteiger partial charge in [0.1, 0.15) is 0 Å². The van der Waals surface area contributed by atoms with Gasteiger partial charge in [0.2, 0.25) is 0 Å². The molecule has 1 aliphatic heterocycles. The quantitative estimate of drug-likeness (QED) is 0.828. The third kappa shape index (κ3) is 2.19. The minimum Gasteiger partial charge on any atom is -0.490 e. The van der Waals surface area contributed by atoms with Crippen LogP contribution in [0.3, 0.4) is 0 Å². The lowest BCUT2D eigenvalue weighted by Crippen LogP contribution is -1.98. The Labute approximate surface area is 95.9 Å². The maximum atomic E-state index is 5.71. The molecule has 0 atom stereocenters. The molecule has 0 saturated carbocycles. The third-order valence-corrected chi connectivity index (χ3v) is 2.64. The Hall–Kier alpha value is -1.48. The molecule has 86 valence electrons. The van der Waals surface area contributed by atoms with E-state index in [9.17, 15) is 0 Å². The van der Waals surface area contributed by atoms with Crippen molar-refractivity contribution in [3.8, 4) is 11.5 Å². The average Bonchev–Trinajstić information content (AvgIpc) is 2.54. The second kappa shape index (κ2) is 5.03. The van der Waals surface area contributed by atoms with Gasteiger partial charge in [0.05, 0.1) is 13.2 Å². The van der Waals surface area contributed by atoms with Crippen LogP contribution in [-0.4, -0.2) is 19.8 Å². The fourth-order valence-corrected chi connectivity index (χ4v) is 1.77. The SMILES string of the molecule is Cc1c(/C=C/CN)ccc2c1OCCCO2. The molecule has 0 amide bonds. The first-order valence-electron chi connectivity index (χ1n) is 5.58. The second-order valence-electron chi connectivity index (χ2n) is 3.80. The first-order chi connectivity index (χ1) is 7.83. The van der Waals surface area contributed by atoms with Crippen molar-refractivity contribution in [2.45, 2.75) is 13.3 Å². The van der Waals surface area contributed by atoms with E-state index in [2.05, 4.69) is 0 Å². The molecule has 1 aliphatic rings. The van der Waals surface area contributed by atoms with E-state index in [0.29, 0.717) is 6.54 Å². The minimum absolute atomic E-state index is 0.549. The minimum atomic E-state index is 0.549. The highest BCUT2D eigenvalue weighted by Gasteiger charge is 2.14. The molecular formula is C13H17NO2. The summed E-state index contributed by atoms with van der Waals surface area (Å²) in [6.07, 6.45) is 4.89. The highest BCUT2D eigenvalue weighted by Crippen LogP contribution is 2.35. The largest absolute Gasteiger partial charge is 0.490 e. The Bertz CT molecular complexity index is 399. The number of rotatable bonds is 2. The van der Waals surface area contributed by atoms with Crippen molar-refractivity contribution in [2.75, 3.05) is 19.8 Å². The molecule has 2 N–H and O–H groups in total. The molecular weight excluding hydrogens is 202 g/mol. The molecule has 0 radical (unpaired) electrons. The summed E-state index contributed by atoms with van der Waals surface area (Å²) in [5, 5.41) is 0. The molecule has 0 bridgehead atoms. The van der Waals surface area contributed by atoms with E-state index < -0.39 is 0 Å². The Morgan fingerprint density at radius 2 is 2.12 bits per heavy atom. The number of ether oxygens (including phenoxy) is 2. The summed E-state index contributed by atoms with van der Waals surface area (Å²) in [6.45, 7) is 4.04. The first kappa shape index (κ1) is 11.0. The van der Waals surface area contributed by atoms with E-state index in [1.54, 1.807) is 0 Å². The molecule has 1 aromatic rings. The van der Waals surface area contributed by atoms with Crippen molar-refractivity contribution >= 4 is 6.08 Å². The van der Waals surface area contributed by atoms with Gasteiger partial charge >= 0.3 is 0 Å². The van der Waals surface area contributed by atoms with Crippen LogP contribution in [0, 0.1) is 6.92 Å². The molecule has 0 aliphatic carbocycles. The normalized spacial score (nSPS) is 15.1. The lowest BCUT2D eigenvalue weighted by atomic mass is 10.1. The van der Waals surface area contributed by atoms with Gasteiger partial charge in [-0.2, -0.15) is 0 Å². The van der Waals surface area contributed by atoms with Crippen molar-refractivity contribution in [1.29, 1.82) is 0 Å². The zero-order chi connectivity index (χ0) is 11.4. The average molecular weight is 219 g/mol. The van der Waals surface area contributed by atoms with E-state index in [1.807, 2.05) is 31.2 Å². The van der Waals surface area contributed by atoms with Crippen LogP contribution in [0.2, 0.25) is 0 Å². The Morgan fingerprint density at radius 3 is 2.94 bits per heavy atom. The molecule has 1 aromatic carbocycles. The van der Waals surface area contributed by atoms with Gasteiger partial charge in [0.25, 0.3) is 0 Å². The number of hydrogen-bond acceptors (Lipinski definition) is 3. The molecule has 1 heterocycles. The molecule has 0 aromatic heterocycles. The Morgan fingerprint density at radius 1 is 1.31 bits per heavy atom. The fourth-order valence-electron chi connectivity index (χ4n) is 1.77. The van der Waals surface area contributed by atoms with Crippen molar-refractivity contribution in [1.82, 2.24) is 0 Å². The van der Waals surface area contributed by atoms with E-state index in [0.717, 1.165) is 42.3 Å². The van der Waals surface area contributed by atoms with E-state index >= 15 is 0 Å². The highest BCUT2D eigenvalue weighted by molar-refractivity contribution is 5.61. The number of nitrogens with two attached hydrogens (primary N) is 1. The summed E-state index contributed by atoms with van der Waals surface area (Å²) < 4.78 is 11.3. The van der Waals surface area contributed by atoms with Crippen LogP contribution in [0.25, 0.3) is 6.08 Å². The summed E-state index contributed by atoms with van der Waals surface area (Å²) >= 11 is 0. The summed E-state index contributed by atoms with van der Waals surface area (Å²) in [6, 6.07) is 4.00. The zero-order valence-electron chi connectivity index (χ0n) is 9.53. The molecule has 0 unspecified atom stereocenters. The first-order valence-corrected chi connectivity index (χ1v) is 5.58. The van der Waals surface area contributed by atoms with Gasteiger partial charge in [-0.05, 0) is 18.6 Å². The van der Waals surface area contributed by atoms with Gasteiger partial charge < -0.3 is 15.2 Å². The highest BCUT2D eigenvalue weighted by atomic mass is 16.5. The summed E-state index contributed by atoms with van der Waals surface area (Å²) in [4.78, 5) is 0. The zero-order valence-corrected chi connectivity index (χ0v) is 9.53. The van der Waals surface area contributed by atoms with Gasteiger partial charge in [-0.25, -0.2) is 0 Å². The van der Waals surface area contributed by atoms with Gasteiger partial charge in [0, 0.05) is 18.5 Å². The van der Waals surface area contributed by atoms with Gasteiger partial charge in [0.15, 0.2) is 11.5 Å². The topological polar surface area (TPSA) is 44.5 Å². The fraction of sp³-hybridized carbons (Fsp3) is 0.385. The molecule has 3 nitrogen and oxygen atoms in total. The molecule has 0 fully saturated rings. The van der Waals surface area contributed by atoms with Crippen LogP contribution >= 0.6 is 0 Å². The molecule has 3 heteroatoms. The smallest absolute Gasteiger partial charge is 0.164 e. The Kier molecular flexibility index (Phi) is 3.47. The van der Waals surface area contributed by atoms with Crippen molar-refractivity contribution < 1.29 is 9.47 Å². The molecule has 16 heavy (non-hydrogen) atoms. The van der Waals surface area contributed by atoms with Gasteiger partial charge in [-0.1, -0.05) is 18.2 Å². The number of benzene rings is 1. The van der Waals surface area contributed by atoms with Crippen LogP contribution in [0.1, 0.15) is 17.5 Å². The summed E-state index contributed by atoms with van der Waals surface area (Å²) in [5.41, 5.74) is 7.70. The van der Waals surface area contributed by atoms with Crippen LogP contribution in [-0.2, 0) is 0 Å². The summed E-state index contributed by atoms with van der Waals surface area (Å²) in [5.74, 6) is 1.72. The van der Waals surface area contributed by atoms with Crippen molar-refractivity contribution in [3.63, 3.8) is 0 Å². The van der Waals surface area contributed by atoms with Crippen molar-refractivity contribution in [3.05, 3.63) is 29.3 Å². The number of fused-ring (bicyclic) bond motifs is 1. The Balaban J connectivity index is 2.37. The van der Waals surface area contributed by atoms with Crippen LogP contribution in [0.5, 0.6) is 11.5 Å². The van der Waals surface area contributed by atoms with Crippen LogP contribution in [0.15, 0.2) is 18.2 Å². The maximum absolute atomic E-state index is 5.71. The van der Waals surface area contributed by atoms with Crippen LogP contribution < -0.4 is 15.2 Å². The molecule has 2 rings (SSSR count). The molecule has 0 spiro atoms.